The summed E-state index contributed by atoms with van der Waals surface area (Å²) < 4.78 is 2.59. The molecular weight excluding hydrogens is 715 g/mol. The van der Waals surface area contributed by atoms with E-state index in [1.165, 1.54) is 49.4 Å². The highest BCUT2D eigenvalue weighted by atomic mass is 16.4. The Morgan fingerprint density at radius 1 is 0.351 bits per heavy atom. The van der Waals surface area contributed by atoms with Gasteiger partial charge in [0.25, 0.3) is 0 Å². The summed E-state index contributed by atoms with van der Waals surface area (Å²) in [6.07, 6.45) is 0. The smallest absolute Gasteiger partial charge is 0.140 e. The molecule has 0 aliphatic carbocycles. The number of carbonyl (C=O) groups excluding carboxylic acids is 3. The van der Waals surface area contributed by atoms with Gasteiger partial charge in [-0.15, -0.1) is 0 Å². The predicted molar refractivity (Wildman–Crippen MR) is 230 cm³/mol. The molecule has 0 amide bonds. The first-order chi connectivity index (χ1) is 26.7. The molecule has 294 valence electrons. The molecule has 0 saturated carbocycles. The molecule has 0 spiro atoms. The molecule has 0 atom stereocenters. The van der Waals surface area contributed by atoms with Crippen molar-refractivity contribution in [3.8, 4) is 0 Å². The van der Waals surface area contributed by atoms with Gasteiger partial charge in [0.2, 0.25) is 0 Å². The molecule has 0 aliphatic heterocycles. The minimum absolute atomic E-state index is 0.445. The number of hydrogen-bond acceptors (Lipinski definition) is 6. The summed E-state index contributed by atoms with van der Waals surface area (Å²) in [6.45, 7) is 0. The van der Waals surface area contributed by atoms with E-state index in [2.05, 4.69) is 191 Å². The second-order valence-corrected chi connectivity index (χ2v) is 16.2. The number of quaternary nitrogens is 3. The predicted octanol–water partition coefficient (Wildman–Crippen LogP) is 5.89. The van der Waals surface area contributed by atoms with Crippen LogP contribution in [-0.4, -0.2) is 81.3 Å². The van der Waals surface area contributed by atoms with E-state index in [0.29, 0.717) is 6.07 Å². The van der Waals surface area contributed by atoms with E-state index in [1.807, 2.05) is 0 Å². The number of carboxylic acids is 3. The number of carboxylic acid groups (broad SMARTS) is 3. The Hall–Kier alpha value is -6.39. The second-order valence-electron chi connectivity index (χ2n) is 16.2. The second kappa shape index (κ2) is 18.0. The van der Waals surface area contributed by atoms with Crippen LogP contribution in [0.1, 0.15) is 31.1 Å². The zero-order valence-electron chi connectivity index (χ0n) is 34.1. The Kier molecular flexibility index (Phi) is 13.7. The van der Waals surface area contributed by atoms with Gasteiger partial charge in [0.05, 0.1) is 81.3 Å². The van der Waals surface area contributed by atoms with E-state index in [0.717, 1.165) is 25.6 Å². The van der Waals surface area contributed by atoms with Crippen molar-refractivity contribution < 1.29 is 29.7 Å². The van der Waals surface area contributed by atoms with E-state index in [-0.39, 0.29) is 0 Å². The summed E-state index contributed by atoms with van der Waals surface area (Å²) >= 11 is 0. The van der Waals surface area contributed by atoms with Gasteiger partial charge in [-0.1, -0.05) is 103 Å². The Labute approximate surface area is 335 Å². The molecule has 7 aromatic carbocycles. The molecule has 0 radical (unpaired) electrons. The molecule has 0 fully saturated rings. The van der Waals surface area contributed by atoms with Gasteiger partial charge < -0.3 is 29.7 Å². The van der Waals surface area contributed by atoms with Gasteiger partial charge in [-0.25, -0.2) is 0 Å². The standard InChI is InChI=1S/3C13H16N.C9H6O6/c3*1-14(2,3)13-10-6-8-11-7-4-5-9-12(11)13;10-7(11)4-1-2-5(8(12)13)6(3-4)9(14)15/h3*4-10H,1-3H3;1-3H,(H,10,11)(H,12,13)(H,14,15)/q3*+1;/p-3. The quantitative estimate of drug-likeness (QED) is 0.195. The van der Waals surface area contributed by atoms with Crippen molar-refractivity contribution >= 4 is 67.3 Å². The highest BCUT2D eigenvalue weighted by molar-refractivity contribution is 6.02. The summed E-state index contributed by atoms with van der Waals surface area (Å²) in [6, 6.07) is 47.4. The molecule has 0 heterocycles. The number of carbonyl (C=O) groups is 3. The third-order valence-corrected chi connectivity index (χ3v) is 9.16. The number of hydrogen-bond donors (Lipinski definition) is 0. The molecule has 0 N–H and O–H groups in total. The zero-order chi connectivity index (χ0) is 42.1. The molecular formula is C48H51N3O6. The zero-order valence-corrected chi connectivity index (χ0v) is 34.1. The van der Waals surface area contributed by atoms with Gasteiger partial charge in [-0.3, -0.25) is 13.4 Å². The summed E-state index contributed by atoms with van der Waals surface area (Å²) in [5.41, 5.74) is 2.25. The van der Waals surface area contributed by atoms with Crippen molar-refractivity contribution in [3.63, 3.8) is 0 Å². The van der Waals surface area contributed by atoms with Crippen LogP contribution in [-0.2, 0) is 0 Å². The Bertz CT molecular complexity index is 2300. The van der Waals surface area contributed by atoms with Crippen LogP contribution < -0.4 is 28.8 Å². The maximum absolute atomic E-state index is 10.5. The van der Waals surface area contributed by atoms with Crippen LogP contribution in [0.4, 0.5) is 17.1 Å². The average Bonchev–Trinajstić information content (AvgIpc) is 3.16. The SMILES string of the molecule is C[N+](C)(C)c1cccc2ccccc12.C[N+](C)(C)c1cccc2ccccc12.C[N+](C)(C)c1cccc2ccccc12.O=C([O-])c1ccc(C(=O)[O-])c(C(=O)[O-])c1. The third kappa shape index (κ3) is 11.3. The largest absolute Gasteiger partial charge is 0.545 e. The first kappa shape index (κ1) is 43.3. The normalized spacial score (nSPS) is 11.3. The number of nitrogens with zero attached hydrogens (tertiary/aromatic N) is 3. The molecule has 0 bridgehead atoms. The van der Waals surface area contributed by atoms with Crippen LogP contribution in [0.3, 0.4) is 0 Å². The van der Waals surface area contributed by atoms with Crippen LogP contribution in [0, 0.1) is 0 Å². The van der Waals surface area contributed by atoms with E-state index >= 15 is 0 Å². The van der Waals surface area contributed by atoms with Crippen LogP contribution in [0.25, 0.3) is 32.3 Å². The molecule has 0 aliphatic rings. The molecule has 0 aromatic heterocycles. The molecule has 9 heteroatoms. The molecule has 9 nitrogen and oxygen atoms in total. The van der Waals surface area contributed by atoms with Gasteiger partial charge in [0.1, 0.15) is 17.1 Å². The number of aromatic carboxylic acids is 3. The highest BCUT2D eigenvalue weighted by Gasteiger charge is 2.17. The van der Waals surface area contributed by atoms with Gasteiger partial charge in [-0.05, 0) is 64.2 Å². The van der Waals surface area contributed by atoms with E-state index < -0.39 is 34.6 Å². The first-order valence-corrected chi connectivity index (χ1v) is 18.4. The van der Waals surface area contributed by atoms with Crippen LogP contribution in [0.5, 0.6) is 0 Å². The molecule has 57 heavy (non-hydrogen) atoms. The lowest BCUT2D eigenvalue weighted by molar-refractivity contribution is -0.259. The lowest BCUT2D eigenvalue weighted by atomic mass is 10.0. The van der Waals surface area contributed by atoms with Gasteiger partial charge in [0.15, 0.2) is 0 Å². The van der Waals surface area contributed by atoms with Gasteiger partial charge in [0, 0.05) is 27.3 Å². The van der Waals surface area contributed by atoms with Crippen molar-refractivity contribution in [2.24, 2.45) is 0 Å². The van der Waals surface area contributed by atoms with E-state index in [9.17, 15) is 29.7 Å². The molecule has 0 unspecified atom stereocenters. The van der Waals surface area contributed by atoms with Crippen molar-refractivity contribution in [1.82, 2.24) is 13.4 Å². The molecule has 7 rings (SSSR count). The fourth-order valence-corrected chi connectivity index (χ4v) is 6.40. The Morgan fingerprint density at radius 3 is 0.930 bits per heavy atom. The monoisotopic (exact) mass is 765 g/mol. The lowest BCUT2D eigenvalue weighted by Gasteiger charge is -2.24. The summed E-state index contributed by atoms with van der Waals surface area (Å²) in [4.78, 5) is 31.3. The van der Waals surface area contributed by atoms with E-state index in [4.69, 9.17) is 0 Å². The van der Waals surface area contributed by atoms with Gasteiger partial charge in [-0.2, -0.15) is 0 Å². The van der Waals surface area contributed by atoms with Crippen LogP contribution in [0.2, 0.25) is 0 Å². The third-order valence-electron chi connectivity index (χ3n) is 9.16. The summed E-state index contributed by atoms with van der Waals surface area (Å²) in [5, 5.41) is 39.3. The molecule has 7 aromatic rings. The van der Waals surface area contributed by atoms with Crippen LogP contribution in [0.15, 0.2) is 146 Å². The van der Waals surface area contributed by atoms with E-state index in [1.54, 1.807) is 0 Å². The first-order valence-electron chi connectivity index (χ1n) is 18.4. The summed E-state index contributed by atoms with van der Waals surface area (Å²) in [7, 11) is 19.8. The number of fused-ring (bicyclic) bond motifs is 3. The van der Waals surface area contributed by atoms with Crippen molar-refractivity contribution in [2.75, 3.05) is 63.4 Å². The minimum atomic E-state index is -1.79. The maximum atomic E-state index is 10.5. The number of benzene rings is 7. The summed E-state index contributed by atoms with van der Waals surface area (Å²) in [5.74, 6) is -5.13. The maximum Gasteiger partial charge on any atom is 0.140 e. The number of rotatable bonds is 6. The minimum Gasteiger partial charge on any atom is -0.545 e. The van der Waals surface area contributed by atoms with Crippen molar-refractivity contribution in [3.05, 3.63) is 162 Å². The van der Waals surface area contributed by atoms with Crippen molar-refractivity contribution in [1.29, 1.82) is 0 Å². The topological polar surface area (TPSA) is 120 Å². The lowest BCUT2D eigenvalue weighted by Crippen LogP contribution is -2.34. The Balaban J connectivity index is 0.000000168. The fourth-order valence-electron chi connectivity index (χ4n) is 6.40. The fraction of sp³-hybridized carbons (Fsp3) is 0.188. The average molecular weight is 766 g/mol. The highest BCUT2D eigenvalue weighted by Crippen LogP contribution is 2.30. The van der Waals surface area contributed by atoms with Gasteiger partial charge >= 0.3 is 0 Å². The van der Waals surface area contributed by atoms with Crippen LogP contribution >= 0.6 is 0 Å². The van der Waals surface area contributed by atoms with Crippen molar-refractivity contribution in [2.45, 2.75) is 0 Å². The molecule has 0 saturated heterocycles. The Morgan fingerprint density at radius 2 is 0.649 bits per heavy atom.